The molecule has 0 aliphatic heterocycles. The molecule has 0 bridgehead atoms. The first-order valence-electron chi connectivity index (χ1n) is 9.33. The number of ether oxygens (including phenoxy) is 1. The lowest BCUT2D eigenvalue weighted by Gasteiger charge is -2.30. The van der Waals surface area contributed by atoms with Crippen LogP contribution in [0.1, 0.15) is 46.0 Å². The third kappa shape index (κ3) is 8.38. The van der Waals surface area contributed by atoms with Crippen molar-refractivity contribution >= 4 is 11.9 Å². The number of guanidine groups is 1. The average Bonchev–Trinajstić information content (AvgIpc) is 3.03. The summed E-state index contributed by atoms with van der Waals surface area (Å²) in [5, 5.41) is 6.71. The minimum Gasteiger partial charge on any atom is -0.382 e. The minimum atomic E-state index is -0.0108. The Kier molecular flexibility index (Phi) is 9.57. The Morgan fingerprint density at radius 3 is 2.52 bits per heavy atom. The molecule has 1 rings (SSSR count). The van der Waals surface area contributed by atoms with Gasteiger partial charge in [-0.3, -0.25) is 4.79 Å². The van der Waals surface area contributed by atoms with Crippen LogP contribution in [0.5, 0.6) is 0 Å². The number of nitrogens with zero attached hydrogens (tertiary/aromatic N) is 2. The molecule has 1 aliphatic rings. The van der Waals surface area contributed by atoms with Crippen LogP contribution >= 0.6 is 0 Å². The van der Waals surface area contributed by atoms with Gasteiger partial charge in [0.1, 0.15) is 6.54 Å². The molecule has 0 unspecified atom stereocenters. The Balaban J connectivity index is 2.65. The Morgan fingerprint density at radius 2 is 1.96 bits per heavy atom. The summed E-state index contributed by atoms with van der Waals surface area (Å²) in [5.74, 6) is 0.671. The van der Waals surface area contributed by atoms with E-state index in [0.29, 0.717) is 12.5 Å². The van der Waals surface area contributed by atoms with Crippen molar-refractivity contribution < 1.29 is 9.53 Å². The van der Waals surface area contributed by atoms with E-state index in [1.165, 1.54) is 25.7 Å². The lowest BCUT2D eigenvalue weighted by molar-refractivity contribution is -0.127. The third-order valence-electron chi connectivity index (χ3n) is 4.70. The molecule has 1 amide bonds. The quantitative estimate of drug-likeness (QED) is 0.274. The largest absolute Gasteiger partial charge is 0.382 e. The summed E-state index contributed by atoms with van der Waals surface area (Å²) in [4.78, 5) is 17.8. The van der Waals surface area contributed by atoms with Gasteiger partial charge in [-0.05, 0) is 38.5 Å². The molecule has 6 nitrogen and oxygen atoms in total. The normalized spacial score (nSPS) is 16.6. The zero-order valence-electron chi connectivity index (χ0n) is 16.5. The van der Waals surface area contributed by atoms with Crippen LogP contribution < -0.4 is 10.6 Å². The number of hydrogen-bond donors (Lipinski definition) is 2. The Hall–Kier alpha value is -1.56. The second kappa shape index (κ2) is 11.1. The molecule has 0 spiro atoms. The molecule has 0 heterocycles. The number of nitrogens with one attached hydrogen (secondary N) is 2. The predicted octanol–water partition coefficient (Wildman–Crippen LogP) is 2.17. The Labute approximate surface area is 153 Å². The molecule has 0 aromatic rings. The molecule has 0 aromatic carbocycles. The van der Waals surface area contributed by atoms with Crippen LogP contribution in [0, 0.1) is 5.41 Å². The van der Waals surface area contributed by atoms with E-state index in [4.69, 9.17) is 4.74 Å². The number of likely N-dealkylation sites (N-methyl/N-ethyl adjacent to an activating group) is 1. The number of hydrogen-bond acceptors (Lipinski definition) is 3. The van der Waals surface area contributed by atoms with Crippen molar-refractivity contribution in [3.63, 3.8) is 0 Å². The molecule has 1 aliphatic carbocycles. The number of carbonyl (C=O) groups is 1. The molecule has 1 fully saturated rings. The SMILES string of the molecule is C=C(C)CNC(=NCC(=O)N(C)C)NCC1(CCOCC)CCCC1. The van der Waals surface area contributed by atoms with E-state index >= 15 is 0 Å². The Bertz CT molecular complexity index is 454. The van der Waals surface area contributed by atoms with Crippen molar-refractivity contribution in [1.29, 1.82) is 0 Å². The van der Waals surface area contributed by atoms with E-state index in [9.17, 15) is 4.79 Å². The number of amides is 1. The van der Waals surface area contributed by atoms with Gasteiger partial charge in [0.25, 0.3) is 0 Å². The second-order valence-electron chi connectivity index (χ2n) is 7.27. The summed E-state index contributed by atoms with van der Waals surface area (Å²) in [6.07, 6.45) is 6.06. The van der Waals surface area contributed by atoms with E-state index in [1.807, 2.05) is 13.8 Å². The van der Waals surface area contributed by atoms with Gasteiger partial charge in [-0.2, -0.15) is 0 Å². The first-order chi connectivity index (χ1) is 11.9. The van der Waals surface area contributed by atoms with Gasteiger partial charge in [0.05, 0.1) is 0 Å². The summed E-state index contributed by atoms with van der Waals surface area (Å²) in [6.45, 7) is 11.1. The summed E-state index contributed by atoms with van der Waals surface area (Å²) in [6, 6.07) is 0. The average molecular weight is 353 g/mol. The van der Waals surface area contributed by atoms with E-state index in [-0.39, 0.29) is 17.9 Å². The summed E-state index contributed by atoms with van der Waals surface area (Å²) >= 11 is 0. The van der Waals surface area contributed by atoms with E-state index in [0.717, 1.165) is 31.8 Å². The first kappa shape index (κ1) is 21.5. The minimum absolute atomic E-state index is 0.0108. The van der Waals surface area contributed by atoms with Crippen molar-refractivity contribution in [2.24, 2.45) is 10.4 Å². The molecule has 1 saturated carbocycles. The second-order valence-corrected chi connectivity index (χ2v) is 7.27. The van der Waals surface area contributed by atoms with Crippen LogP contribution in [0.4, 0.5) is 0 Å². The number of carbonyl (C=O) groups excluding carboxylic acids is 1. The van der Waals surface area contributed by atoms with Gasteiger partial charge in [0, 0.05) is 40.4 Å². The van der Waals surface area contributed by atoms with Crippen molar-refractivity contribution in [3.05, 3.63) is 12.2 Å². The number of aliphatic imine (C=N–C) groups is 1. The Morgan fingerprint density at radius 1 is 1.28 bits per heavy atom. The summed E-state index contributed by atoms with van der Waals surface area (Å²) in [5.41, 5.74) is 1.30. The molecule has 144 valence electrons. The zero-order chi connectivity index (χ0) is 18.7. The van der Waals surface area contributed by atoms with Crippen LogP contribution in [-0.2, 0) is 9.53 Å². The fourth-order valence-corrected chi connectivity index (χ4v) is 3.04. The smallest absolute Gasteiger partial charge is 0.243 e. The maximum absolute atomic E-state index is 11.8. The van der Waals surface area contributed by atoms with Gasteiger partial charge in [-0.15, -0.1) is 0 Å². The predicted molar refractivity (Wildman–Crippen MR) is 104 cm³/mol. The van der Waals surface area contributed by atoms with Gasteiger partial charge < -0.3 is 20.3 Å². The molecule has 6 heteroatoms. The van der Waals surface area contributed by atoms with Gasteiger partial charge in [0.2, 0.25) is 5.91 Å². The van der Waals surface area contributed by atoms with Gasteiger partial charge in [-0.25, -0.2) is 4.99 Å². The molecule has 2 N–H and O–H groups in total. The topological polar surface area (TPSA) is 66.0 Å². The third-order valence-corrected chi connectivity index (χ3v) is 4.70. The highest BCUT2D eigenvalue weighted by Gasteiger charge is 2.33. The van der Waals surface area contributed by atoms with Crippen LogP contribution in [-0.4, -0.2) is 63.7 Å². The highest BCUT2D eigenvalue weighted by atomic mass is 16.5. The van der Waals surface area contributed by atoms with Crippen molar-refractivity contribution in [2.75, 3.05) is 46.9 Å². The maximum atomic E-state index is 11.8. The monoisotopic (exact) mass is 352 g/mol. The lowest BCUT2D eigenvalue weighted by atomic mass is 9.83. The summed E-state index contributed by atoms with van der Waals surface area (Å²) < 4.78 is 5.58. The van der Waals surface area contributed by atoms with Crippen LogP contribution in [0.25, 0.3) is 0 Å². The van der Waals surface area contributed by atoms with E-state index in [2.05, 4.69) is 22.2 Å². The van der Waals surface area contributed by atoms with Gasteiger partial charge in [-0.1, -0.05) is 25.0 Å². The van der Waals surface area contributed by atoms with Crippen molar-refractivity contribution in [3.8, 4) is 0 Å². The van der Waals surface area contributed by atoms with E-state index < -0.39 is 0 Å². The molecular formula is C19H36N4O2. The van der Waals surface area contributed by atoms with Crippen LogP contribution in [0.15, 0.2) is 17.1 Å². The maximum Gasteiger partial charge on any atom is 0.243 e. The fraction of sp³-hybridized carbons (Fsp3) is 0.789. The van der Waals surface area contributed by atoms with Crippen molar-refractivity contribution in [2.45, 2.75) is 46.0 Å². The molecule has 0 atom stereocenters. The molecule has 25 heavy (non-hydrogen) atoms. The molecule has 0 aromatic heterocycles. The molecule has 0 saturated heterocycles. The van der Waals surface area contributed by atoms with Crippen molar-refractivity contribution in [1.82, 2.24) is 15.5 Å². The zero-order valence-corrected chi connectivity index (χ0v) is 16.5. The fourth-order valence-electron chi connectivity index (χ4n) is 3.04. The van der Waals surface area contributed by atoms with Gasteiger partial charge in [0.15, 0.2) is 5.96 Å². The standard InChI is InChI=1S/C19H36N4O2/c1-6-25-12-11-19(9-7-8-10-19)15-22-18(20-13-16(2)3)21-14-17(24)23(4)5/h2,6-15H2,1,3-5H3,(H2,20,21,22). The molecular weight excluding hydrogens is 316 g/mol. The van der Waals surface area contributed by atoms with Gasteiger partial charge >= 0.3 is 0 Å². The highest BCUT2D eigenvalue weighted by Crippen LogP contribution is 2.40. The highest BCUT2D eigenvalue weighted by molar-refractivity contribution is 5.84. The van der Waals surface area contributed by atoms with Crippen LogP contribution in [0.2, 0.25) is 0 Å². The first-order valence-corrected chi connectivity index (χ1v) is 9.33. The number of rotatable bonds is 10. The lowest BCUT2D eigenvalue weighted by Crippen LogP contribution is -2.44. The summed E-state index contributed by atoms with van der Waals surface area (Å²) in [7, 11) is 3.49. The van der Waals surface area contributed by atoms with Crippen LogP contribution in [0.3, 0.4) is 0 Å². The molecule has 0 radical (unpaired) electrons. The van der Waals surface area contributed by atoms with E-state index in [1.54, 1.807) is 19.0 Å².